The molecule has 1 N–H and O–H groups in total. The summed E-state index contributed by atoms with van der Waals surface area (Å²) < 4.78 is 7.05. The van der Waals surface area contributed by atoms with Crippen LogP contribution >= 0.6 is 0 Å². The average molecular weight is 459 g/mol. The Bertz CT molecular complexity index is 1260. The van der Waals surface area contributed by atoms with Crippen molar-refractivity contribution in [2.75, 3.05) is 13.2 Å². The Morgan fingerprint density at radius 1 is 1.03 bits per heavy atom. The number of nitrogens with one attached hydrogen (secondary N) is 1. The number of ketones is 1. The summed E-state index contributed by atoms with van der Waals surface area (Å²) >= 11 is 0. The van der Waals surface area contributed by atoms with Crippen molar-refractivity contribution in [1.29, 1.82) is 0 Å². The zero-order chi connectivity index (χ0) is 24.3. The molecule has 0 saturated carbocycles. The standard InChI is InChI=1S/C28H30N2O4/c1-4-34-21-12-10-20(11-13-21)30-24-17-28(2,3)18-25(31)22(24)16-23(27(30)33)26(32)29-15-14-19-8-6-5-7-9-19/h5-13,16H,4,14-15,17-18H2,1-3H3,(H,29,32). The summed E-state index contributed by atoms with van der Waals surface area (Å²) in [5, 5.41) is 2.85. The van der Waals surface area contributed by atoms with Crippen molar-refractivity contribution in [3.63, 3.8) is 0 Å². The van der Waals surface area contributed by atoms with Crippen LogP contribution in [-0.2, 0) is 12.8 Å². The molecule has 4 rings (SSSR count). The minimum Gasteiger partial charge on any atom is -0.494 e. The van der Waals surface area contributed by atoms with Crippen LogP contribution in [0.2, 0.25) is 0 Å². The van der Waals surface area contributed by atoms with Crippen LogP contribution < -0.4 is 15.6 Å². The maximum atomic E-state index is 13.6. The number of fused-ring (bicyclic) bond motifs is 1. The summed E-state index contributed by atoms with van der Waals surface area (Å²) in [7, 11) is 0. The van der Waals surface area contributed by atoms with E-state index < -0.39 is 11.5 Å². The van der Waals surface area contributed by atoms with E-state index in [1.807, 2.05) is 51.1 Å². The highest BCUT2D eigenvalue weighted by atomic mass is 16.5. The van der Waals surface area contributed by atoms with Crippen LogP contribution in [0.3, 0.4) is 0 Å². The summed E-state index contributed by atoms with van der Waals surface area (Å²) in [6, 6.07) is 18.5. The van der Waals surface area contributed by atoms with Gasteiger partial charge in [0, 0.05) is 29.9 Å². The van der Waals surface area contributed by atoms with Gasteiger partial charge in [-0.2, -0.15) is 0 Å². The Morgan fingerprint density at radius 3 is 2.41 bits per heavy atom. The number of nitrogens with zero attached hydrogens (tertiary/aromatic N) is 1. The molecule has 3 aromatic rings. The Kier molecular flexibility index (Phi) is 6.68. The fraction of sp³-hybridized carbons (Fsp3) is 0.321. The maximum absolute atomic E-state index is 13.6. The first-order chi connectivity index (χ1) is 16.3. The van der Waals surface area contributed by atoms with Crippen molar-refractivity contribution in [3.8, 4) is 11.4 Å². The third kappa shape index (κ3) is 4.96. The van der Waals surface area contributed by atoms with Crippen LogP contribution in [0.15, 0.2) is 65.5 Å². The molecule has 0 fully saturated rings. The number of benzene rings is 2. The van der Waals surface area contributed by atoms with Crippen LogP contribution in [0.25, 0.3) is 5.69 Å². The van der Waals surface area contributed by atoms with E-state index in [2.05, 4.69) is 5.32 Å². The molecule has 0 unspecified atom stereocenters. The number of Topliss-reactive ketones (excluding diaryl/α,β-unsaturated/α-hetero) is 1. The summed E-state index contributed by atoms with van der Waals surface area (Å²) in [5.74, 6) is 0.171. The number of amides is 1. The van der Waals surface area contributed by atoms with E-state index in [9.17, 15) is 14.4 Å². The summed E-state index contributed by atoms with van der Waals surface area (Å²) in [5.41, 5.74) is 2.08. The molecule has 6 nitrogen and oxygen atoms in total. The van der Waals surface area contributed by atoms with Gasteiger partial charge in [0.15, 0.2) is 5.78 Å². The molecule has 34 heavy (non-hydrogen) atoms. The molecule has 1 aliphatic carbocycles. The highest BCUT2D eigenvalue weighted by Gasteiger charge is 2.35. The van der Waals surface area contributed by atoms with Crippen LogP contribution in [0, 0.1) is 5.41 Å². The molecular weight excluding hydrogens is 428 g/mol. The number of carbonyl (C=O) groups is 2. The van der Waals surface area contributed by atoms with Gasteiger partial charge in [-0.3, -0.25) is 19.0 Å². The van der Waals surface area contributed by atoms with Crippen molar-refractivity contribution >= 4 is 11.7 Å². The van der Waals surface area contributed by atoms with Gasteiger partial charge in [0.2, 0.25) is 0 Å². The van der Waals surface area contributed by atoms with Gasteiger partial charge in [-0.25, -0.2) is 0 Å². The van der Waals surface area contributed by atoms with E-state index in [4.69, 9.17) is 4.74 Å². The van der Waals surface area contributed by atoms with Gasteiger partial charge < -0.3 is 10.1 Å². The van der Waals surface area contributed by atoms with Gasteiger partial charge >= 0.3 is 0 Å². The number of hydrogen-bond donors (Lipinski definition) is 1. The molecule has 1 aromatic heterocycles. The number of pyridine rings is 1. The van der Waals surface area contributed by atoms with Crippen LogP contribution in [0.5, 0.6) is 5.75 Å². The van der Waals surface area contributed by atoms with Crippen LogP contribution in [0.4, 0.5) is 0 Å². The summed E-state index contributed by atoms with van der Waals surface area (Å²) in [6.45, 7) is 6.87. The minimum absolute atomic E-state index is 0.0197. The van der Waals surface area contributed by atoms with Gasteiger partial charge in [-0.05, 0) is 61.1 Å². The molecule has 6 heteroatoms. The SMILES string of the molecule is CCOc1ccc(-n2c3c(cc(C(=O)NCCc4ccccc4)c2=O)C(=O)CC(C)(C)C3)cc1. The lowest BCUT2D eigenvalue weighted by atomic mass is 9.75. The van der Waals surface area contributed by atoms with Crippen LogP contribution in [0.1, 0.15) is 59.2 Å². The monoisotopic (exact) mass is 458 g/mol. The highest BCUT2D eigenvalue weighted by molar-refractivity contribution is 6.02. The molecule has 0 spiro atoms. The fourth-order valence-corrected chi connectivity index (χ4v) is 4.47. The normalized spacial score (nSPS) is 14.4. The second kappa shape index (κ2) is 9.67. The lowest BCUT2D eigenvalue weighted by molar-refractivity contribution is 0.0908. The maximum Gasteiger partial charge on any atom is 0.268 e. The van der Waals surface area contributed by atoms with Crippen molar-refractivity contribution in [1.82, 2.24) is 9.88 Å². The predicted molar refractivity (Wildman–Crippen MR) is 132 cm³/mol. The van der Waals surface area contributed by atoms with E-state index in [-0.39, 0.29) is 16.8 Å². The largest absolute Gasteiger partial charge is 0.494 e. The third-order valence-corrected chi connectivity index (χ3v) is 6.08. The first-order valence-electron chi connectivity index (χ1n) is 11.7. The zero-order valence-electron chi connectivity index (χ0n) is 19.9. The average Bonchev–Trinajstić information content (AvgIpc) is 2.80. The molecule has 1 amide bonds. The fourth-order valence-electron chi connectivity index (χ4n) is 4.47. The second-order valence-electron chi connectivity index (χ2n) is 9.42. The number of ether oxygens (including phenoxy) is 1. The van der Waals surface area contributed by atoms with Crippen molar-refractivity contribution in [2.24, 2.45) is 5.41 Å². The second-order valence-corrected chi connectivity index (χ2v) is 9.42. The Balaban J connectivity index is 1.72. The number of carbonyl (C=O) groups excluding carboxylic acids is 2. The molecule has 0 saturated heterocycles. The molecule has 176 valence electrons. The highest BCUT2D eigenvalue weighted by Crippen LogP contribution is 2.35. The Labute approximate surface area is 199 Å². The molecule has 2 aromatic carbocycles. The Morgan fingerprint density at radius 2 is 1.74 bits per heavy atom. The minimum atomic E-state index is -0.471. The number of aromatic nitrogens is 1. The topological polar surface area (TPSA) is 77.4 Å². The molecule has 0 aliphatic heterocycles. The molecule has 1 heterocycles. The van der Waals surface area contributed by atoms with Crippen molar-refractivity contribution in [3.05, 3.63) is 93.4 Å². The zero-order valence-corrected chi connectivity index (χ0v) is 19.9. The smallest absolute Gasteiger partial charge is 0.268 e. The summed E-state index contributed by atoms with van der Waals surface area (Å²) in [6.07, 6.45) is 1.58. The lowest BCUT2D eigenvalue weighted by Crippen LogP contribution is -2.39. The predicted octanol–water partition coefficient (Wildman–Crippen LogP) is 4.36. The first kappa shape index (κ1) is 23.5. The molecule has 0 atom stereocenters. The van der Waals surface area contributed by atoms with Crippen molar-refractivity contribution in [2.45, 2.75) is 40.0 Å². The van der Waals surface area contributed by atoms with Gasteiger partial charge in [0.1, 0.15) is 11.3 Å². The van der Waals surface area contributed by atoms with Crippen molar-refractivity contribution < 1.29 is 14.3 Å². The first-order valence-corrected chi connectivity index (χ1v) is 11.7. The lowest BCUT2D eigenvalue weighted by Gasteiger charge is -2.32. The van der Waals surface area contributed by atoms with Gasteiger partial charge in [0.25, 0.3) is 11.5 Å². The molecule has 1 aliphatic rings. The van der Waals surface area contributed by atoms with Gasteiger partial charge in [-0.15, -0.1) is 0 Å². The van der Waals surface area contributed by atoms with E-state index in [1.165, 1.54) is 10.6 Å². The quantitative estimate of drug-likeness (QED) is 0.571. The van der Waals surface area contributed by atoms with E-state index in [0.717, 1.165) is 5.56 Å². The molecular formula is C28H30N2O4. The Hall–Kier alpha value is -3.67. The number of rotatable bonds is 7. The summed E-state index contributed by atoms with van der Waals surface area (Å²) in [4.78, 5) is 39.7. The third-order valence-electron chi connectivity index (χ3n) is 6.08. The van der Waals surface area contributed by atoms with E-state index >= 15 is 0 Å². The van der Waals surface area contributed by atoms with Gasteiger partial charge in [0.05, 0.1) is 6.61 Å². The molecule has 0 bridgehead atoms. The van der Waals surface area contributed by atoms with E-state index in [1.54, 1.807) is 24.3 Å². The molecule has 0 radical (unpaired) electrons. The van der Waals surface area contributed by atoms with Gasteiger partial charge in [-0.1, -0.05) is 44.2 Å². The van der Waals surface area contributed by atoms with E-state index in [0.29, 0.717) is 55.1 Å². The number of hydrogen-bond acceptors (Lipinski definition) is 4. The van der Waals surface area contributed by atoms with Crippen LogP contribution in [-0.4, -0.2) is 29.4 Å².